The van der Waals surface area contributed by atoms with Crippen LogP contribution in [0.3, 0.4) is 0 Å². The van der Waals surface area contributed by atoms with E-state index in [-0.39, 0.29) is 6.04 Å². The van der Waals surface area contributed by atoms with Crippen molar-refractivity contribution in [1.82, 2.24) is 4.31 Å². The normalized spacial score (nSPS) is 17.6. The topological polar surface area (TPSA) is 40.6 Å². The van der Waals surface area contributed by atoms with E-state index in [0.29, 0.717) is 24.0 Å². The van der Waals surface area contributed by atoms with Crippen LogP contribution in [0.4, 0.5) is 5.69 Å². The van der Waals surface area contributed by atoms with Crippen molar-refractivity contribution in [2.24, 2.45) is 0 Å². The fraction of sp³-hybridized carbons (Fsp3) is 0.217. The Balaban J connectivity index is 1.70. The highest BCUT2D eigenvalue weighted by Gasteiger charge is 2.38. The molecule has 1 aliphatic rings. The van der Waals surface area contributed by atoms with Crippen molar-refractivity contribution in [3.63, 3.8) is 0 Å². The molecule has 0 spiro atoms. The first-order chi connectivity index (χ1) is 14.0. The van der Waals surface area contributed by atoms with Gasteiger partial charge in [0.2, 0.25) is 10.0 Å². The van der Waals surface area contributed by atoms with Gasteiger partial charge in [-0.2, -0.15) is 4.31 Å². The maximum atomic E-state index is 13.3. The Kier molecular flexibility index (Phi) is 5.63. The van der Waals surface area contributed by atoms with Crippen molar-refractivity contribution in [2.75, 3.05) is 18.1 Å². The molecule has 4 nitrogen and oxygen atoms in total. The molecule has 1 unspecified atom stereocenters. The summed E-state index contributed by atoms with van der Waals surface area (Å²) < 4.78 is 28.1. The SMILES string of the molecule is Cc1ccc(S(=O)(=O)N2CC(c3ccc(CCl)cc3)N(c3ccccc3)C2)cc1. The summed E-state index contributed by atoms with van der Waals surface area (Å²) >= 11 is 5.93. The Bertz CT molecular complexity index is 1070. The first-order valence-corrected chi connectivity index (χ1v) is 11.5. The zero-order valence-electron chi connectivity index (χ0n) is 16.2. The molecule has 29 heavy (non-hydrogen) atoms. The quantitative estimate of drug-likeness (QED) is 0.542. The van der Waals surface area contributed by atoms with Gasteiger partial charge in [-0.3, -0.25) is 0 Å². The monoisotopic (exact) mass is 426 g/mol. The van der Waals surface area contributed by atoms with Crippen molar-refractivity contribution in [3.05, 3.63) is 95.6 Å². The molecular formula is C23H23ClN2O2S. The summed E-state index contributed by atoms with van der Waals surface area (Å²) in [6.07, 6.45) is 0. The molecule has 1 fully saturated rings. The van der Waals surface area contributed by atoms with Crippen molar-refractivity contribution in [1.29, 1.82) is 0 Å². The number of sulfonamides is 1. The molecule has 4 rings (SSSR count). The minimum absolute atomic E-state index is 0.0676. The number of nitrogens with zero attached hydrogens (tertiary/aromatic N) is 2. The average Bonchev–Trinajstić information content (AvgIpc) is 3.21. The molecular weight excluding hydrogens is 404 g/mol. The zero-order valence-corrected chi connectivity index (χ0v) is 17.8. The largest absolute Gasteiger partial charge is 0.349 e. The summed E-state index contributed by atoms with van der Waals surface area (Å²) in [5.74, 6) is 0.460. The van der Waals surface area contributed by atoms with E-state index in [1.807, 2.05) is 73.7 Å². The number of benzene rings is 3. The summed E-state index contributed by atoms with van der Waals surface area (Å²) in [5.41, 5.74) is 4.15. The Labute approximate surface area is 177 Å². The molecule has 150 valence electrons. The summed E-state index contributed by atoms with van der Waals surface area (Å²) in [5, 5.41) is 0. The van der Waals surface area contributed by atoms with Crippen LogP contribution >= 0.6 is 11.6 Å². The van der Waals surface area contributed by atoms with Crippen LogP contribution in [0.25, 0.3) is 0 Å². The Morgan fingerprint density at radius 3 is 2.21 bits per heavy atom. The van der Waals surface area contributed by atoms with Gasteiger partial charge in [0.25, 0.3) is 0 Å². The molecule has 0 bridgehead atoms. The van der Waals surface area contributed by atoms with E-state index in [9.17, 15) is 8.42 Å². The molecule has 0 aromatic heterocycles. The molecule has 1 atom stereocenters. The molecule has 0 aliphatic carbocycles. The van der Waals surface area contributed by atoms with Gasteiger partial charge >= 0.3 is 0 Å². The second-order valence-corrected chi connectivity index (χ2v) is 9.50. The van der Waals surface area contributed by atoms with Gasteiger partial charge in [0.05, 0.1) is 17.6 Å². The highest BCUT2D eigenvalue weighted by Crippen LogP contribution is 2.35. The fourth-order valence-corrected chi connectivity index (χ4v) is 5.22. The van der Waals surface area contributed by atoms with Crippen molar-refractivity contribution < 1.29 is 8.42 Å². The van der Waals surface area contributed by atoms with Crippen LogP contribution in [0.2, 0.25) is 0 Å². The first kappa shape index (κ1) is 20.0. The zero-order chi connectivity index (χ0) is 20.4. The molecule has 3 aromatic carbocycles. The van der Waals surface area contributed by atoms with E-state index >= 15 is 0 Å². The number of alkyl halides is 1. The van der Waals surface area contributed by atoms with E-state index in [0.717, 1.165) is 22.4 Å². The highest BCUT2D eigenvalue weighted by atomic mass is 35.5. The van der Waals surface area contributed by atoms with Crippen molar-refractivity contribution in [3.8, 4) is 0 Å². The standard InChI is InChI=1S/C23H23ClN2O2S/c1-18-7-13-22(14-8-18)29(27,28)25-16-23(20-11-9-19(15-24)10-12-20)26(17-25)21-5-3-2-4-6-21/h2-14,23H,15-17H2,1H3. The lowest BCUT2D eigenvalue weighted by molar-refractivity contribution is 0.473. The predicted octanol–water partition coefficient (Wildman–Crippen LogP) is 4.94. The van der Waals surface area contributed by atoms with Crippen LogP contribution < -0.4 is 4.90 Å². The number of rotatable bonds is 5. The van der Waals surface area contributed by atoms with Crippen LogP contribution in [0, 0.1) is 6.92 Å². The summed E-state index contributed by atoms with van der Waals surface area (Å²) in [6.45, 7) is 2.65. The Morgan fingerprint density at radius 1 is 0.931 bits per heavy atom. The molecule has 6 heteroatoms. The van der Waals surface area contributed by atoms with Gasteiger partial charge in [-0.05, 0) is 42.3 Å². The van der Waals surface area contributed by atoms with Crippen molar-refractivity contribution in [2.45, 2.75) is 23.7 Å². The lowest BCUT2D eigenvalue weighted by Crippen LogP contribution is -2.31. The smallest absolute Gasteiger partial charge is 0.244 e. The minimum Gasteiger partial charge on any atom is -0.349 e. The summed E-state index contributed by atoms with van der Waals surface area (Å²) in [4.78, 5) is 2.47. The first-order valence-electron chi connectivity index (χ1n) is 9.52. The van der Waals surface area contributed by atoms with E-state index < -0.39 is 10.0 Å². The maximum absolute atomic E-state index is 13.3. The molecule has 0 radical (unpaired) electrons. The molecule has 1 aliphatic heterocycles. The van der Waals surface area contributed by atoms with E-state index in [1.165, 1.54) is 0 Å². The van der Waals surface area contributed by atoms with Gasteiger partial charge in [0, 0.05) is 18.1 Å². The number of anilines is 1. The second-order valence-electron chi connectivity index (χ2n) is 7.29. The van der Waals surface area contributed by atoms with E-state index in [4.69, 9.17) is 11.6 Å². The van der Waals surface area contributed by atoms with Crippen LogP contribution in [0.15, 0.2) is 83.8 Å². The number of hydrogen-bond acceptors (Lipinski definition) is 3. The van der Waals surface area contributed by atoms with Gasteiger partial charge < -0.3 is 4.90 Å². The third-order valence-electron chi connectivity index (χ3n) is 5.33. The lowest BCUT2D eigenvalue weighted by Gasteiger charge is -2.26. The van der Waals surface area contributed by atoms with Gasteiger partial charge in [-0.25, -0.2) is 8.42 Å². The van der Waals surface area contributed by atoms with E-state index in [1.54, 1.807) is 16.4 Å². The highest BCUT2D eigenvalue weighted by molar-refractivity contribution is 7.89. The van der Waals surface area contributed by atoms with Crippen LogP contribution in [-0.4, -0.2) is 25.9 Å². The number of aryl methyl sites for hydroxylation is 1. The molecule has 0 amide bonds. The lowest BCUT2D eigenvalue weighted by atomic mass is 10.0. The second kappa shape index (κ2) is 8.19. The number of halogens is 1. The predicted molar refractivity (Wildman–Crippen MR) is 118 cm³/mol. The van der Waals surface area contributed by atoms with Gasteiger partial charge in [0.15, 0.2) is 0 Å². The van der Waals surface area contributed by atoms with Crippen LogP contribution in [-0.2, 0) is 15.9 Å². The molecule has 0 saturated carbocycles. The maximum Gasteiger partial charge on any atom is 0.244 e. The Morgan fingerprint density at radius 2 is 1.59 bits per heavy atom. The molecule has 1 heterocycles. The fourth-order valence-electron chi connectivity index (χ4n) is 3.65. The van der Waals surface area contributed by atoms with Gasteiger partial charge in [-0.1, -0.05) is 60.2 Å². The van der Waals surface area contributed by atoms with Crippen molar-refractivity contribution >= 4 is 27.3 Å². The van der Waals surface area contributed by atoms with E-state index in [2.05, 4.69) is 4.90 Å². The summed E-state index contributed by atoms with van der Waals surface area (Å²) in [6, 6.07) is 25.0. The molecule has 0 N–H and O–H groups in total. The van der Waals surface area contributed by atoms with Crippen LogP contribution in [0.5, 0.6) is 0 Å². The number of para-hydroxylation sites is 1. The molecule has 3 aromatic rings. The minimum atomic E-state index is -3.58. The third kappa shape index (κ3) is 4.04. The average molecular weight is 427 g/mol. The Hall–Kier alpha value is -2.34. The van der Waals surface area contributed by atoms with Gasteiger partial charge in [-0.15, -0.1) is 11.6 Å². The summed E-state index contributed by atoms with van der Waals surface area (Å²) in [7, 11) is -3.58. The third-order valence-corrected chi connectivity index (χ3v) is 7.45. The van der Waals surface area contributed by atoms with Crippen LogP contribution in [0.1, 0.15) is 22.7 Å². The molecule has 1 saturated heterocycles. The number of hydrogen-bond donors (Lipinski definition) is 0. The van der Waals surface area contributed by atoms with Gasteiger partial charge in [0.1, 0.15) is 0 Å².